The molecular weight excluding hydrogens is 390 g/mol. The lowest BCUT2D eigenvalue weighted by molar-refractivity contribution is 0.122. The lowest BCUT2D eigenvalue weighted by Crippen LogP contribution is -2.38. The fourth-order valence-corrected chi connectivity index (χ4v) is 3.44. The molecule has 1 aliphatic rings. The Morgan fingerprint density at radius 2 is 1.72 bits per heavy atom. The van der Waals surface area contributed by atoms with E-state index in [1.807, 2.05) is 30.3 Å². The van der Waals surface area contributed by atoms with Gasteiger partial charge in [0.25, 0.3) is 0 Å². The van der Waals surface area contributed by atoms with Crippen molar-refractivity contribution in [3.63, 3.8) is 0 Å². The summed E-state index contributed by atoms with van der Waals surface area (Å²) in [4.78, 5) is 2.05. The number of morpholine rings is 1. The monoisotopic (exact) mass is 407 g/mol. The van der Waals surface area contributed by atoms with E-state index in [0.29, 0.717) is 42.8 Å². The Kier molecular flexibility index (Phi) is 5.47. The fourth-order valence-electron chi connectivity index (χ4n) is 3.22. The number of nitriles is 1. The summed E-state index contributed by atoms with van der Waals surface area (Å²) in [5.74, 6) is 0.600. The van der Waals surface area contributed by atoms with Crippen LogP contribution in [0.1, 0.15) is 11.4 Å². The van der Waals surface area contributed by atoms with Crippen LogP contribution < -0.4 is 4.90 Å². The van der Waals surface area contributed by atoms with E-state index in [4.69, 9.17) is 16.3 Å². The van der Waals surface area contributed by atoms with Crippen LogP contribution in [0.4, 0.5) is 5.95 Å². The molecule has 1 fully saturated rings. The number of hydrogen-bond donors (Lipinski definition) is 1. The van der Waals surface area contributed by atoms with Crippen LogP contribution in [0.5, 0.6) is 0 Å². The first-order valence-corrected chi connectivity index (χ1v) is 9.50. The molecule has 8 heteroatoms. The Labute approximate surface area is 173 Å². The largest absolute Gasteiger partial charge is 0.506 e. The Morgan fingerprint density at radius 3 is 2.41 bits per heavy atom. The van der Waals surface area contributed by atoms with Crippen molar-refractivity contribution in [3.8, 4) is 11.8 Å². The number of aliphatic hydroxyl groups excluding tert-OH is 1. The molecule has 2 aromatic carbocycles. The Bertz CT molecular complexity index is 1080. The predicted molar refractivity (Wildman–Crippen MR) is 111 cm³/mol. The minimum absolute atomic E-state index is 0.00559. The molecule has 2 heterocycles. The molecule has 1 aromatic heterocycles. The molecule has 29 heavy (non-hydrogen) atoms. The number of benzene rings is 2. The third-order valence-corrected chi connectivity index (χ3v) is 4.99. The summed E-state index contributed by atoms with van der Waals surface area (Å²) in [5, 5.41) is 29.7. The normalized spacial score (nSPS) is 15.0. The number of para-hydroxylation sites is 1. The summed E-state index contributed by atoms with van der Waals surface area (Å²) < 4.78 is 7.21. The van der Waals surface area contributed by atoms with Gasteiger partial charge in [-0.15, -0.1) is 10.2 Å². The van der Waals surface area contributed by atoms with Crippen LogP contribution in [0.25, 0.3) is 17.0 Å². The Hall–Kier alpha value is -3.34. The number of rotatable bonds is 4. The number of halogens is 1. The molecule has 0 spiro atoms. The highest BCUT2D eigenvalue weighted by atomic mass is 35.5. The summed E-state index contributed by atoms with van der Waals surface area (Å²) in [6.45, 7) is 2.49. The van der Waals surface area contributed by atoms with Gasteiger partial charge in [-0.05, 0) is 24.3 Å². The van der Waals surface area contributed by atoms with Crippen molar-refractivity contribution >= 4 is 28.9 Å². The first-order valence-electron chi connectivity index (χ1n) is 9.13. The van der Waals surface area contributed by atoms with Crippen LogP contribution in [0.15, 0.2) is 54.6 Å². The number of aliphatic hydroxyl groups is 1. The van der Waals surface area contributed by atoms with Crippen molar-refractivity contribution < 1.29 is 9.84 Å². The summed E-state index contributed by atoms with van der Waals surface area (Å²) in [6, 6.07) is 18.4. The molecule has 0 amide bonds. The standard InChI is InChI=1S/C21H18ClN5O2/c22-18-9-5-4-8-16(18)19(28)17(14-23)20-24-25-21(26-10-12-29-13-11-26)27(20)15-6-2-1-3-7-15/h1-9,28H,10-13H2/b19-17-. The first-order chi connectivity index (χ1) is 14.2. The van der Waals surface area contributed by atoms with Gasteiger partial charge in [0.2, 0.25) is 5.95 Å². The van der Waals surface area contributed by atoms with Crippen LogP contribution >= 0.6 is 11.6 Å². The van der Waals surface area contributed by atoms with Gasteiger partial charge in [-0.3, -0.25) is 4.57 Å². The lowest BCUT2D eigenvalue weighted by atomic mass is 10.1. The van der Waals surface area contributed by atoms with Crippen molar-refractivity contribution in [2.45, 2.75) is 0 Å². The zero-order valence-electron chi connectivity index (χ0n) is 15.5. The van der Waals surface area contributed by atoms with E-state index in [2.05, 4.69) is 21.2 Å². The summed E-state index contributed by atoms with van der Waals surface area (Å²) in [7, 11) is 0. The molecule has 0 unspecified atom stereocenters. The quantitative estimate of drug-likeness (QED) is 0.524. The second-order valence-corrected chi connectivity index (χ2v) is 6.82. The maximum atomic E-state index is 10.9. The summed E-state index contributed by atoms with van der Waals surface area (Å²) in [5.41, 5.74) is 1.14. The van der Waals surface area contributed by atoms with Gasteiger partial charge in [0.15, 0.2) is 5.82 Å². The highest BCUT2D eigenvalue weighted by Gasteiger charge is 2.25. The van der Waals surface area contributed by atoms with Gasteiger partial charge in [-0.2, -0.15) is 5.26 Å². The highest BCUT2D eigenvalue weighted by Crippen LogP contribution is 2.31. The predicted octanol–water partition coefficient (Wildman–Crippen LogP) is 3.71. The number of anilines is 1. The molecule has 7 nitrogen and oxygen atoms in total. The Balaban J connectivity index is 1.91. The van der Waals surface area contributed by atoms with E-state index < -0.39 is 0 Å². The van der Waals surface area contributed by atoms with Crippen molar-refractivity contribution in [2.75, 3.05) is 31.2 Å². The minimum atomic E-state index is -0.240. The van der Waals surface area contributed by atoms with Gasteiger partial charge in [-0.25, -0.2) is 0 Å². The van der Waals surface area contributed by atoms with Crippen LogP contribution in [-0.2, 0) is 4.74 Å². The Morgan fingerprint density at radius 1 is 1.03 bits per heavy atom. The van der Waals surface area contributed by atoms with Crippen molar-refractivity contribution in [3.05, 3.63) is 71.0 Å². The van der Waals surface area contributed by atoms with E-state index in [1.165, 1.54) is 0 Å². The topological polar surface area (TPSA) is 87.2 Å². The zero-order valence-corrected chi connectivity index (χ0v) is 16.3. The average molecular weight is 408 g/mol. The van der Waals surface area contributed by atoms with Crippen LogP contribution in [0, 0.1) is 11.3 Å². The molecule has 1 saturated heterocycles. The van der Waals surface area contributed by atoms with Gasteiger partial charge < -0.3 is 14.7 Å². The van der Waals surface area contributed by atoms with Crippen molar-refractivity contribution in [1.29, 1.82) is 5.26 Å². The SMILES string of the molecule is N#C/C(=C(/O)c1ccccc1Cl)c1nnc(N2CCOCC2)n1-c1ccccc1. The average Bonchev–Trinajstić information content (AvgIpc) is 3.20. The van der Waals surface area contributed by atoms with E-state index in [9.17, 15) is 10.4 Å². The molecule has 0 bridgehead atoms. The maximum Gasteiger partial charge on any atom is 0.232 e. The minimum Gasteiger partial charge on any atom is -0.506 e. The van der Waals surface area contributed by atoms with E-state index in [0.717, 1.165) is 5.69 Å². The molecule has 146 valence electrons. The summed E-state index contributed by atoms with van der Waals surface area (Å²) >= 11 is 6.22. The second-order valence-electron chi connectivity index (χ2n) is 6.41. The summed E-state index contributed by atoms with van der Waals surface area (Å²) in [6.07, 6.45) is 0. The molecular formula is C21H18ClN5O2. The number of allylic oxidation sites excluding steroid dienone is 1. The van der Waals surface area contributed by atoms with Gasteiger partial charge in [0.1, 0.15) is 17.4 Å². The molecule has 0 radical (unpaired) electrons. The van der Waals surface area contributed by atoms with Gasteiger partial charge in [0, 0.05) is 18.7 Å². The van der Waals surface area contributed by atoms with Gasteiger partial charge in [-0.1, -0.05) is 41.9 Å². The van der Waals surface area contributed by atoms with E-state index in [-0.39, 0.29) is 17.2 Å². The van der Waals surface area contributed by atoms with Crippen LogP contribution in [-0.4, -0.2) is 46.2 Å². The molecule has 0 saturated carbocycles. The van der Waals surface area contributed by atoms with Crippen LogP contribution in [0.2, 0.25) is 5.02 Å². The molecule has 0 atom stereocenters. The second kappa shape index (κ2) is 8.35. The third-order valence-electron chi connectivity index (χ3n) is 4.66. The van der Waals surface area contributed by atoms with E-state index >= 15 is 0 Å². The molecule has 3 aromatic rings. The number of hydrogen-bond acceptors (Lipinski definition) is 6. The zero-order chi connectivity index (χ0) is 20.2. The molecule has 1 N–H and O–H groups in total. The van der Waals surface area contributed by atoms with Crippen LogP contribution in [0.3, 0.4) is 0 Å². The van der Waals surface area contributed by atoms with Gasteiger partial charge in [0.05, 0.1) is 23.9 Å². The molecule has 4 rings (SSSR count). The maximum absolute atomic E-state index is 10.9. The smallest absolute Gasteiger partial charge is 0.232 e. The fraction of sp³-hybridized carbons (Fsp3) is 0.190. The molecule has 0 aliphatic carbocycles. The lowest BCUT2D eigenvalue weighted by Gasteiger charge is -2.28. The highest BCUT2D eigenvalue weighted by molar-refractivity contribution is 6.32. The van der Waals surface area contributed by atoms with E-state index in [1.54, 1.807) is 28.8 Å². The van der Waals surface area contributed by atoms with Gasteiger partial charge >= 0.3 is 0 Å². The number of ether oxygens (including phenoxy) is 1. The first kappa shape index (κ1) is 19.0. The van der Waals surface area contributed by atoms with Crippen molar-refractivity contribution in [2.24, 2.45) is 0 Å². The molecule has 1 aliphatic heterocycles. The third kappa shape index (κ3) is 3.68. The van der Waals surface area contributed by atoms with Crippen molar-refractivity contribution in [1.82, 2.24) is 14.8 Å². The number of aromatic nitrogens is 3. The number of nitrogens with zero attached hydrogens (tertiary/aromatic N) is 5.